The molecule has 2 bridgehead atoms. The van der Waals surface area contributed by atoms with E-state index in [0.29, 0.717) is 24.5 Å². The van der Waals surface area contributed by atoms with Crippen LogP contribution >= 0.6 is 0 Å². The fraction of sp³-hybridized carbons (Fsp3) is 0.500. The summed E-state index contributed by atoms with van der Waals surface area (Å²) in [6.07, 6.45) is 13.4. The summed E-state index contributed by atoms with van der Waals surface area (Å²) < 4.78 is 11.8. The number of rotatable bonds is 5. The lowest BCUT2D eigenvalue weighted by Gasteiger charge is -2.87. The van der Waals surface area contributed by atoms with E-state index in [1.165, 1.54) is 6.08 Å². The standard InChI is InChI=1S/C24H25NO5/c1-3-5-6-7-18(27)29-16-9-8-14-11-17-24(28)22(25(17)10-4-2)12-15(26)21-23(24,13-22)19(14)20(16)30-21/h3-9,14,17,19,21,28H,2,10-13H2,1H3/b5-3+,7-6+/t14?,17-,19?,21+,22?,23+,24+/m1/s1. The van der Waals surface area contributed by atoms with Crippen molar-refractivity contribution in [3.8, 4) is 0 Å². The Labute approximate surface area is 175 Å². The Hall–Kier alpha value is -2.44. The maximum atomic E-state index is 13.1. The molecule has 0 aromatic carbocycles. The van der Waals surface area contributed by atoms with Crippen LogP contribution in [0.5, 0.6) is 0 Å². The number of esters is 1. The van der Waals surface area contributed by atoms with Gasteiger partial charge in [0.15, 0.2) is 17.6 Å². The maximum Gasteiger partial charge on any atom is 0.336 e. The minimum absolute atomic E-state index is 0.00145. The van der Waals surface area contributed by atoms with E-state index in [1.54, 1.807) is 18.2 Å². The van der Waals surface area contributed by atoms with Crippen molar-refractivity contribution >= 4 is 11.8 Å². The maximum absolute atomic E-state index is 13.1. The molecule has 0 amide bonds. The number of hydrogen-bond donors (Lipinski definition) is 1. The zero-order chi connectivity index (χ0) is 20.9. The van der Waals surface area contributed by atoms with Crippen LogP contribution in [-0.2, 0) is 19.1 Å². The summed E-state index contributed by atoms with van der Waals surface area (Å²) in [5.41, 5.74) is -2.04. The second-order valence-corrected chi connectivity index (χ2v) is 9.38. The fourth-order valence-corrected chi connectivity index (χ4v) is 7.73. The van der Waals surface area contributed by atoms with Crippen LogP contribution in [0.4, 0.5) is 0 Å². The SMILES string of the molecule is C=CCN1[C@@H]2CC3C=CC(OC(=O)/C=C/C=C/C)=C4O[C@H]5C(=O)CC16C[C@@]5(C43)[C@]26O. The third-order valence-electron chi connectivity index (χ3n) is 8.45. The zero-order valence-corrected chi connectivity index (χ0v) is 16.9. The summed E-state index contributed by atoms with van der Waals surface area (Å²) in [6, 6.07) is 0.00145. The molecule has 30 heavy (non-hydrogen) atoms. The van der Waals surface area contributed by atoms with Gasteiger partial charge in [0.25, 0.3) is 0 Å². The molecule has 2 aliphatic heterocycles. The summed E-state index contributed by atoms with van der Waals surface area (Å²) in [6.45, 7) is 6.41. The van der Waals surface area contributed by atoms with Crippen molar-refractivity contribution in [2.75, 3.05) is 6.54 Å². The van der Waals surface area contributed by atoms with Crippen molar-refractivity contribution in [3.63, 3.8) is 0 Å². The number of carbonyl (C=O) groups is 2. The monoisotopic (exact) mass is 407 g/mol. The molecule has 7 rings (SSSR count). The normalized spacial score (nSPS) is 47.1. The van der Waals surface area contributed by atoms with Crippen molar-refractivity contribution in [2.24, 2.45) is 17.3 Å². The molecule has 7 atom stereocenters. The Morgan fingerprint density at radius 3 is 3.07 bits per heavy atom. The summed E-state index contributed by atoms with van der Waals surface area (Å²) >= 11 is 0. The van der Waals surface area contributed by atoms with E-state index in [2.05, 4.69) is 17.6 Å². The predicted octanol–water partition coefficient (Wildman–Crippen LogP) is 2.18. The lowest BCUT2D eigenvalue weighted by atomic mass is 9.26. The molecule has 1 N–H and O–H groups in total. The Bertz CT molecular complexity index is 1010. The molecule has 2 heterocycles. The van der Waals surface area contributed by atoms with E-state index in [0.717, 1.165) is 12.8 Å². The third-order valence-corrected chi connectivity index (χ3v) is 8.45. The van der Waals surface area contributed by atoms with Crippen LogP contribution in [0, 0.1) is 17.3 Å². The quantitative estimate of drug-likeness (QED) is 0.326. The number of aliphatic hydroxyl groups is 1. The van der Waals surface area contributed by atoms with Crippen LogP contribution < -0.4 is 0 Å². The van der Waals surface area contributed by atoms with E-state index in [4.69, 9.17) is 9.47 Å². The van der Waals surface area contributed by atoms with Gasteiger partial charge in [-0.2, -0.15) is 0 Å². The molecule has 6 nitrogen and oxygen atoms in total. The number of carbonyl (C=O) groups excluding carboxylic acids is 2. The Balaban J connectivity index is 1.40. The number of nitrogens with zero attached hydrogens (tertiary/aromatic N) is 1. The van der Waals surface area contributed by atoms with Crippen LogP contribution in [0.1, 0.15) is 26.2 Å². The van der Waals surface area contributed by atoms with Gasteiger partial charge in [0.2, 0.25) is 0 Å². The van der Waals surface area contributed by atoms with Gasteiger partial charge in [0, 0.05) is 31.0 Å². The van der Waals surface area contributed by atoms with E-state index in [9.17, 15) is 14.7 Å². The second kappa shape index (κ2) is 5.62. The van der Waals surface area contributed by atoms with Gasteiger partial charge in [0.1, 0.15) is 11.4 Å². The first-order chi connectivity index (χ1) is 14.4. The molecule has 6 fully saturated rings. The largest absolute Gasteiger partial charge is 0.482 e. The molecule has 0 aromatic heterocycles. The van der Waals surface area contributed by atoms with Crippen LogP contribution in [0.25, 0.3) is 0 Å². The first-order valence-corrected chi connectivity index (χ1v) is 10.7. The molecule has 0 aromatic rings. The lowest BCUT2D eigenvalue weighted by Crippen LogP contribution is -3.02. The molecule has 156 valence electrons. The molecule has 7 aliphatic rings. The number of allylic oxidation sites excluding steroid dienone is 6. The average Bonchev–Trinajstić information content (AvgIpc) is 3.09. The first kappa shape index (κ1) is 18.3. The number of Topliss-reactive ketones (excluding diaryl/α,β-unsaturated/α-hetero) is 1. The highest BCUT2D eigenvalue weighted by molar-refractivity contribution is 5.91. The van der Waals surface area contributed by atoms with E-state index >= 15 is 0 Å². The van der Waals surface area contributed by atoms with Gasteiger partial charge in [-0.05, 0) is 31.8 Å². The van der Waals surface area contributed by atoms with Gasteiger partial charge in [-0.25, -0.2) is 4.79 Å². The lowest BCUT2D eigenvalue weighted by molar-refractivity contribution is -0.427. The molecular weight excluding hydrogens is 382 g/mol. The topological polar surface area (TPSA) is 76.1 Å². The van der Waals surface area contributed by atoms with Crippen molar-refractivity contribution in [3.05, 3.63) is 60.6 Å². The minimum atomic E-state index is -0.934. The molecule has 5 aliphatic carbocycles. The summed E-state index contributed by atoms with van der Waals surface area (Å²) in [5, 5.41) is 12.0. The number of ether oxygens (including phenoxy) is 2. The first-order valence-electron chi connectivity index (χ1n) is 10.7. The molecular formula is C24H25NO5. The molecule has 4 saturated carbocycles. The molecule has 3 unspecified atom stereocenters. The van der Waals surface area contributed by atoms with Crippen molar-refractivity contribution in [2.45, 2.75) is 49.5 Å². The minimum Gasteiger partial charge on any atom is -0.482 e. The van der Waals surface area contributed by atoms with Gasteiger partial charge < -0.3 is 14.6 Å². The summed E-state index contributed by atoms with van der Waals surface area (Å²) in [5.74, 6) is 0.506. The molecule has 6 heteroatoms. The number of likely N-dealkylation sites (tertiary alicyclic amines) is 1. The number of ketones is 1. The zero-order valence-electron chi connectivity index (χ0n) is 16.9. The van der Waals surface area contributed by atoms with Crippen molar-refractivity contribution in [1.29, 1.82) is 0 Å². The smallest absolute Gasteiger partial charge is 0.336 e. The van der Waals surface area contributed by atoms with Crippen LogP contribution in [0.3, 0.4) is 0 Å². The Kier molecular flexibility index (Phi) is 3.44. The Morgan fingerprint density at radius 2 is 2.30 bits per heavy atom. The number of piperidine rings is 1. The second-order valence-electron chi connectivity index (χ2n) is 9.38. The van der Waals surface area contributed by atoms with Crippen molar-refractivity contribution < 1.29 is 24.2 Å². The van der Waals surface area contributed by atoms with Crippen LogP contribution in [0.15, 0.2) is 60.6 Å². The van der Waals surface area contributed by atoms with Gasteiger partial charge in [-0.15, -0.1) is 6.58 Å². The van der Waals surface area contributed by atoms with Crippen LogP contribution in [-0.4, -0.2) is 51.6 Å². The fourth-order valence-electron chi connectivity index (χ4n) is 7.73. The van der Waals surface area contributed by atoms with Gasteiger partial charge in [0.05, 0.1) is 11.0 Å². The number of hydrogen-bond acceptors (Lipinski definition) is 6. The van der Waals surface area contributed by atoms with Crippen LogP contribution in [0.2, 0.25) is 0 Å². The third kappa shape index (κ3) is 1.69. The van der Waals surface area contributed by atoms with E-state index in [-0.39, 0.29) is 23.7 Å². The highest BCUT2D eigenvalue weighted by Crippen LogP contribution is 2.83. The Morgan fingerprint density at radius 1 is 1.47 bits per heavy atom. The average molecular weight is 407 g/mol. The van der Waals surface area contributed by atoms with Crippen molar-refractivity contribution in [1.82, 2.24) is 4.90 Å². The van der Waals surface area contributed by atoms with E-state index < -0.39 is 28.6 Å². The highest BCUT2D eigenvalue weighted by atomic mass is 16.6. The highest BCUT2D eigenvalue weighted by Gasteiger charge is 2.95. The number of fused-ring (bicyclic) bond motifs is 1. The van der Waals surface area contributed by atoms with E-state index in [1.807, 2.05) is 19.1 Å². The summed E-state index contributed by atoms with van der Waals surface area (Å²) in [4.78, 5) is 27.6. The molecule has 0 radical (unpaired) electrons. The van der Waals surface area contributed by atoms with Gasteiger partial charge >= 0.3 is 5.97 Å². The molecule has 2 spiro atoms. The predicted molar refractivity (Wildman–Crippen MR) is 108 cm³/mol. The van der Waals surface area contributed by atoms with Gasteiger partial charge in [-0.3, -0.25) is 9.69 Å². The molecule has 2 saturated heterocycles. The summed E-state index contributed by atoms with van der Waals surface area (Å²) in [7, 11) is 0. The van der Waals surface area contributed by atoms with Gasteiger partial charge in [-0.1, -0.05) is 30.4 Å².